The van der Waals surface area contributed by atoms with Crippen LogP contribution in [0.4, 0.5) is 0 Å². The van der Waals surface area contributed by atoms with Gasteiger partial charge in [0.05, 0.1) is 0 Å². The molecule has 1 rings (SSSR count). The minimum Gasteiger partial charge on any atom is -0.353 e. The van der Waals surface area contributed by atoms with Gasteiger partial charge in [-0.25, -0.2) is 0 Å². The number of hydrogen-bond donors (Lipinski definition) is 1. The van der Waals surface area contributed by atoms with Gasteiger partial charge in [-0.1, -0.05) is 38.7 Å². The lowest BCUT2D eigenvalue weighted by atomic mass is 10.1. The standard InChI is InChI=1S/C14H25NO/c1-3-5-6-8-14(16)15-13(7-4-2)11-12-9-10-12/h4,12-13H,2-3,5-11H2,1H3,(H,15,16). The normalized spacial score (nSPS) is 16.8. The molecule has 2 nitrogen and oxygen atoms in total. The van der Waals surface area contributed by atoms with Crippen LogP contribution in [0.2, 0.25) is 0 Å². The number of nitrogens with one attached hydrogen (secondary N) is 1. The van der Waals surface area contributed by atoms with E-state index >= 15 is 0 Å². The Morgan fingerprint density at radius 1 is 1.50 bits per heavy atom. The lowest BCUT2D eigenvalue weighted by Gasteiger charge is -2.16. The van der Waals surface area contributed by atoms with Crippen LogP contribution in [0.3, 0.4) is 0 Å². The third-order valence-corrected chi connectivity index (χ3v) is 3.14. The molecule has 0 aromatic carbocycles. The predicted molar refractivity (Wildman–Crippen MR) is 68.2 cm³/mol. The fraction of sp³-hybridized carbons (Fsp3) is 0.786. The Bertz CT molecular complexity index is 221. The molecule has 1 unspecified atom stereocenters. The fourth-order valence-corrected chi connectivity index (χ4v) is 2.01. The Balaban J connectivity index is 2.17. The second-order valence-corrected chi connectivity index (χ2v) is 4.92. The summed E-state index contributed by atoms with van der Waals surface area (Å²) in [5.41, 5.74) is 0. The van der Waals surface area contributed by atoms with Crippen molar-refractivity contribution in [2.45, 2.75) is 64.3 Å². The van der Waals surface area contributed by atoms with Crippen LogP contribution in [-0.2, 0) is 4.79 Å². The number of unbranched alkanes of at least 4 members (excludes halogenated alkanes) is 2. The first-order valence-electron chi connectivity index (χ1n) is 6.66. The van der Waals surface area contributed by atoms with Crippen molar-refractivity contribution in [2.75, 3.05) is 0 Å². The zero-order chi connectivity index (χ0) is 11.8. The molecule has 0 aliphatic heterocycles. The van der Waals surface area contributed by atoms with E-state index in [9.17, 15) is 4.79 Å². The average molecular weight is 223 g/mol. The monoisotopic (exact) mass is 223 g/mol. The lowest BCUT2D eigenvalue weighted by Crippen LogP contribution is -2.34. The molecule has 1 atom stereocenters. The Labute approximate surface area is 99.5 Å². The van der Waals surface area contributed by atoms with Gasteiger partial charge in [0, 0.05) is 12.5 Å². The molecular weight excluding hydrogens is 198 g/mol. The fourth-order valence-electron chi connectivity index (χ4n) is 2.01. The molecule has 1 aliphatic rings. The Kier molecular flexibility index (Phi) is 6.20. The highest BCUT2D eigenvalue weighted by Crippen LogP contribution is 2.34. The summed E-state index contributed by atoms with van der Waals surface area (Å²) >= 11 is 0. The van der Waals surface area contributed by atoms with E-state index in [0.29, 0.717) is 12.5 Å². The average Bonchev–Trinajstić information content (AvgIpc) is 3.02. The van der Waals surface area contributed by atoms with Gasteiger partial charge in [-0.2, -0.15) is 0 Å². The van der Waals surface area contributed by atoms with Crippen molar-refractivity contribution in [3.05, 3.63) is 12.7 Å². The summed E-state index contributed by atoms with van der Waals surface area (Å²) in [7, 11) is 0. The van der Waals surface area contributed by atoms with Gasteiger partial charge in [-0.05, 0) is 25.2 Å². The first-order chi connectivity index (χ1) is 7.76. The smallest absolute Gasteiger partial charge is 0.220 e. The van der Waals surface area contributed by atoms with E-state index in [1.807, 2.05) is 6.08 Å². The number of hydrogen-bond acceptors (Lipinski definition) is 1. The van der Waals surface area contributed by atoms with Crippen LogP contribution in [0, 0.1) is 5.92 Å². The van der Waals surface area contributed by atoms with E-state index in [1.54, 1.807) is 0 Å². The molecule has 0 bridgehead atoms. The van der Waals surface area contributed by atoms with E-state index in [-0.39, 0.29) is 5.91 Å². The number of amides is 1. The lowest BCUT2D eigenvalue weighted by molar-refractivity contribution is -0.121. The Hall–Kier alpha value is -0.790. The van der Waals surface area contributed by atoms with Crippen molar-refractivity contribution in [1.82, 2.24) is 5.32 Å². The van der Waals surface area contributed by atoms with Crippen LogP contribution in [0.15, 0.2) is 12.7 Å². The van der Waals surface area contributed by atoms with Crippen molar-refractivity contribution < 1.29 is 4.79 Å². The highest BCUT2D eigenvalue weighted by molar-refractivity contribution is 5.76. The Morgan fingerprint density at radius 3 is 2.81 bits per heavy atom. The molecule has 2 heteroatoms. The minimum atomic E-state index is 0.223. The second-order valence-electron chi connectivity index (χ2n) is 4.92. The van der Waals surface area contributed by atoms with Gasteiger partial charge in [0.15, 0.2) is 0 Å². The molecule has 0 radical (unpaired) electrons. The van der Waals surface area contributed by atoms with Crippen molar-refractivity contribution in [2.24, 2.45) is 5.92 Å². The van der Waals surface area contributed by atoms with Crippen LogP contribution >= 0.6 is 0 Å². The quantitative estimate of drug-likeness (QED) is 0.471. The van der Waals surface area contributed by atoms with Gasteiger partial charge in [-0.3, -0.25) is 4.79 Å². The van der Waals surface area contributed by atoms with Crippen molar-refractivity contribution in [3.8, 4) is 0 Å². The van der Waals surface area contributed by atoms with E-state index in [0.717, 1.165) is 31.6 Å². The third-order valence-electron chi connectivity index (χ3n) is 3.14. The van der Waals surface area contributed by atoms with Crippen molar-refractivity contribution in [1.29, 1.82) is 0 Å². The molecule has 0 heterocycles. The van der Waals surface area contributed by atoms with Crippen molar-refractivity contribution in [3.63, 3.8) is 0 Å². The molecule has 1 amide bonds. The van der Waals surface area contributed by atoms with Gasteiger partial charge < -0.3 is 5.32 Å². The molecule has 1 aliphatic carbocycles. The molecule has 0 aromatic heterocycles. The summed E-state index contributed by atoms with van der Waals surface area (Å²) in [5.74, 6) is 1.09. The number of carbonyl (C=O) groups excluding carboxylic acids is 1. The van der Waals surface area contributed by atoms with E-state index in [4.69, 9.17) is 0 Å². The minimum absolute atomic E-state index is 0.223. The molecule has 1 saturated carbocycles. The first-order valence-corrected chi connectivity index (χ1v) is 6.66. The summed E-state index contributed by atoms with van der Waals surface area (Å²) < 4.78 is 0. The maximum Gasteiger partial charge on any atom is 0.220 e. The van der Waals surface area contributed by atoms with E-state index in [1.165, 1.54) is 19.3 Å². The number of carbonyl (C=O) groups is 1. The molecule has 0 aromatic rings. The topological polar surface area (TPSA) is 29.1 Å². The zero-order valence-corrected chi connectivity index (χ0v) is 10.5. The van der Waals surface area contributed by atoms with Crippen LogP contribution in [0.1, 0.15) is 58.3 Å². The van der Waals surface area contributed by atoms with Gasteiger partial charge >= 0.3 is 0 Å². The van der Waals surface area contributed by atoms with Gasteiger partial charge in [0.1, 0.15) is 0 Å². The molecular formula is C14H25NO. The molecule has 0 saturated heterocycles. The van der Waals surface area contributed by atoms with Gasteiger partial charge in [0.2, 0.25) is 5.91 Å². The largest absolute Gasteiger partial charge is 0.353 e. The summed E-state index contributed by atoms with van der Waals surface area (Å²) in [6.07, 6.45) is 10.7. The van der Waals surface area contributed by atoms with E-state index in [2.05, 4.69) is 18.8 Å². The maximum atomic E-state index is 11.7. The summed E-state index contributed by atoms with van der Waals surface area (Å²) in [5, 5.41) is 3.14. The first kappa shape index (κ1) is 13.3. The summed E-state index contributed by atoms with van der Waals surface area (Å²) in [6, 6.07) is 0.333. The SMILES string of the molecule is C=CCC(CC1CC1)NC(=O)CCCCC. The second kappa shape index (κ2) is 7.48. The molecule has 1 fully saturated rings. The van der Waals surface area contributed by atoms with Crippen LogP contribution in [-0.4, -0.2) is 11.9 Å². The predicted octanol–water partition coefficient (Wildman–Crippen LogP) is 3.43. The molecule has 1 N–H and O–H groups in total. The van der Waals surface area contributed by atoms with Crippen LogP contribution in [0.5, 0.6) is 0 Å². The summed E-state index contributed by atoms with van der Waals surface area (Å²) in [6.45, 7) is 5.92. The van der Waals surface area contributed by atoms with Crippen molar-refractivity contribution >= 4 is 5.91 Å². The number of rotatable bonds is 9. The van der Waals surface area contributed by atoms with Gasteiger partial charge in [0.25, 0.3) is 0 Å². The van der Waals surface area contributed by atoms with Gasteiger partial charge in [-0.15, -0.1) is 6.58 Å². The van der Waals surface area contributed by atoms with Crippen LogP contribution < -0.4 is 5.32 Å². The highest BCUT2D eigenvalue weighted by atomic mass is 16.1. The third kappa shape index (κ3) is 5.94. The maximum absolute atomic E-state index is 11.7. The molecule has 92 valence electrons. The van der Waals surface area contributed by atoms with Crippen LogP contribution in [0.25, 0.3) is 0 Å². The van der Waals surface area contributed by atoms with E-state index < -0.39 is 0 Å². The molecule has 0 spiro atoms. The molecule has 16 heavy (non-hydrogen) atoms. The zero-order valence-electron chi connectivity index (χ0n) is 10.5. The Morgan fingerprint density at radius 2 is 2.25 bits per heavy atom. The highest BCUT2D eigenvalue weighted by Gasteiger charge is 2.25. The summed E-state index contributed by atoms with van der Waals surface area (Å²) in [4.78, 5) is 11.7.